The number of allylic oxidation sites excluding steroid dienone is 2. The molecule has 2 atom stereocenters. The number of fused-ring (bicyclic) bond motifs is 13. The molecule has 8 aromatic carbocycles. The van der Waals surface area contributed by atoms with Crippen LogP contribution in [0.15, 0.2) is 206 Å². The summed E-state index contributed by atoms with van der Waals surface area (Å²) >= 11 is 0. The molecule has 0 amide bonds. The number of benzene rings is 8. The lowest BCUT2D eigenvalue weighted by Crippen LogP contribution is -2.28. The van der Waals surface area contributed by atoms with Crippen LogP contribution in [-0.2, 0) is 0 Å². The molecule has 11 aromatic rings. The summed E-state index contributed by atoms with van der Waals surface area (Å²) in [4.78, 5) is 2.58. The first-order valence-corrected chi connectivity index (χ1v) is 20.2. The Hall–Kier alpha value is -7.56. The molecule has 13 rings (SSSR count). The van der Waals surface area contributed by atoms with E-state index in [0.29, 0.717) is 0 Å². The fourth-order valence-electron chi connectivity index (χ4n) is 10.4. The lowest BCUT2D eigenvalue weighted by Gasteiger charge is -2.29. The Balaban J connectivity index is 1.05. The fourth-order valence-corrected chi connectivity index (χ4v) is 10.4. The first-order chi connectivity index (χ1) is 28.8. The Bertz CT molecular complexity index is 3520. The van der Waals surface area contributed by atoms with Gasteiger partial charge in [0.1, 0.15) is 0 Å². The second kappa shape index (κ2) is 12.0. The topological polar surface area (TPSA) is 18.0 Å². The van der Waals surface area contributed by atoms with Crippen LogP contribution in [0, 0.1) is 0 Å². The van der Waals surface area contributed by atoms with Crippen LogP contribution in [0.1, 0.15) is 11.5 Å². The maximum absolute atomic E-state index is 2.58. The third kappa shape index (κ3) is 4.29. The average Bonchev–Trinajstić information content (AvgIpc) is 4.01. The predicted octanol–water partition coefficient (Wildman–Crippen LogP) is 13.7. The zero-order valence-electron chi connectivity index (χ0n) is 31.6. The van der Waals surface area contributed by atoms with E-state index in [2.05, 4.69) is 225 Å². The summed E-state index contributed by atoms with van der Waals surface area (Å²) in [6.45, 7) is 0. The molecule has 4 nitrogen and oxygen atoms in total. The van der Waals surface area contributed by atoms with E-state index in [9.17, 15) is 0 Å². The Morgan fingerprint density at radius 1 is 0.328 bits per heavy atom. The molecular formula is C54H36N4. The molecule has 0 fully saturated rings. The molecule has 2 unspecified atom stereocenters. The van der Waals surface area contributed by atoms with Gasteiger partial charge in [-0.15, -0.1) is 0 Å². The summed E-state index contributed by atoms with van der Waals surface area (Å²) in [5.74, 6) is 0.195. The highest BCUT2D eigenvalue weighted by Gasteiger charge is 2.40. The summed E-state index contributed by atoms with van der Waals surface area (Å²) in [6.07, 6.45) is 9.24. The zero-order chi connectivity index (χ0) is 37.9. The number of nitrogens with zero attached hydrogens (tertiary/aromatic N) is 4. The number of hydrogen-bond donors (Lipinski definition) is 0. The van der Waals surface area contributed by atoms with Crippen LogP contribution in [-0.4, -0.2) is 19.7 Å². The minimum atomic E-state index is 0.141. The van der Waals surface area contributed by atoms with Crippen LogP contribution in [0.2, 0.25) is 0 Å². The van der Waals surface area contributed by atoms with Crippen molar-refractivity contribution in [3.63, 3.8) is 0 Å². The monoisotopic (exact) mass is 740 g/mol. The van der Waals surface area contributed by atoms with Gasteiger partial charge in [-0.05, 0) is 78.9 Å². The Kier molecular flexibility index (Phi) is 6.53. The van der Waals surface area contributed by atoms with Gasteiger partial charge in [-0.2, -0.15) is 0 Å². The normalized spacial score (nSPS) is 16.1. The van der Waals surface area contributed by atoms with E-state index in [-0.39, 0.29) is 12.0 Å². The molecule has 1 aliphatic heterocycles. The van der Waals surface area contributed by atoms with Crippen molar-refractivity contribution in [1.29, 1.82) is 0 Å². The lowest BCUT2D eigenvalue weighted by molar-refractivity contribution is 0.746. The molecule has 0 saturated carbocycles. The van der Waals surface area contributed by atoms with Gasteiger partial charge in [0.15, 0.2) is 0 Å². The van der Waals surface area contributed by atoms with Crippen LogP contribution in [0.25, 0.3) is 82.5 Å². The minimum Gasteiger partial charge on any atom is -0.333 e. The Morgan fingerprint density at radius 3 is 1.52 bits per heavy atom. The van der Waals surface area contributed by atoms with Crippen molar-refractivity contribution in [2.45, 2.75) is 12.0 Å². The minimum absolute atomic E-state index is 0.141. The second-order valence-corrected chi connectivity index (χ2v) is 15.7. The van der Waals surface area contributed by atoms with Gasteiger partial charge in [0.2, 0.25) is 0 Å². The van der Waals surface area contributed by atoms with Gasteiger partial charge < -0.3 is 18.6 Å². The Labute approximate surface area is 335 Å². The van der Waals surface area contributed by atoms with Crippen LogP contribution < -0.4 is 4.90 Å². The first-order valence-electron chi connectivity index (χ1n) is 20.2. The van der Waals surface area contributed by atoms with E-state index in [4.69, 9.17) is 0 Å². The van der Waals surface area contributed by atoms with E-state index in [1.165, 1.54) is 88.0 Å². The third-order valence-corrected chi connectivity index (χ3v) is 12.7. The summed E-state index contributed by atoms with van der Waals surface area (Å²) in [6, 6.07) is 67.0. The molecular weight excluding hydrogens is 705 g/mol. The van der Waals surface area contributed by atoms with Gasteiger partial charge >= 0.3 is 0 Å². The molecule has 0 N–H and O–H groups in total. The quantitative estimate of drug-likeness (QED) is 0.176. The number of para-hydroxylation sites is 5. The second-order valence-electron chi connectivity index (χ2n) is 15.7. The molecule has 4 heteroatoms. The van der Waals surface area contributed by atoms with Crippen LogP contribution >= 0.6 is 0 Å². The molecule has 0 spiro atoms. The van der Waals surface area contributed by atoms with Gasteiger partial charge in [-0.25, -0.2) is 0 Å². The van der Waals surface area contributed by atoms with Crippen molar-refractivity contribution in [3.05, 3.63) is 212 Å². The standard InChI is InChI=1S/C54H36N4/c1-3-16-35(17-4-1)55-46-26-11-8-23-40(46)44-33-45-41-24-9-12-27-47(41)57(52(45)34-51(44)55)38-21-15-20-37(32-38)56-49-29-14-10-25-43(49)53-50(56)31-30-42-39-22-7-13-28-48(39)58(54(42)53)36-18-5-2-6-19-36/h1-34,43,49H. The SMILES string of the molecule is C1=CC2c3c(ccc4c5ccccc5n(-c5ccccc5)c34)N(c3cccc(-n4c5ccccc5c5cc6c7ccccc7n(-c7ccccc7)c6cc54)c3)C2C=C1. The van der Waals surface area contributed by atoms with Crippen molar-refractivity contribution in [2.24, 2.45) is 0 Å². The maximum Gasteiger partial charge on any atom is 0.0630 e. The summed E-state index contributed by atoms with van der Waals surface area (Å²) in [7, 11) is 0. The molecule has 1 aliphatic carbocycles. The van der Waals surface area contributed by atoms with Crippen molar-refractivity contribution in [2.75, 3.05) is 4.90 Å². The molecule has 3 aromatic heterocycles. The number of aromatic nitrogens is 3. The molecule has 58 heavy (non-hydrogen) atoms. The van der Waals surface area contributed by atoms with Crippen molar-refractivity contribution >= 4 is 76.8 Å². The molecule has 0 radical (unpaired) electrons. The predicted molar refractivity (Wildman–Crippen MR) is 243 cm³/mol. The van der Waals surface area contributed by atoms with E-state index >= 15 is 0 Å². The van der Waals surface area contributed by atoms with Gasteiger partial charge in [0.05, 0.1) is 39.1 Å². The number of anilines is 2. The Morgan fingerprint density at radius 2 is 0.845 bits per heavy atom. The highest BCUT2D eigenvalue weighted by molar-refractivity contribution is 6.19. The number of hydrogen-bond acceptors (Lipinski definition) is 1. The molecule has 4 heterocycles. The highest BCUT2D eigenvalue weighted by Crippen LogP contribution is 2.52. The smallest absolute Gasteiger partial charge is 0.0630 e. The zero-order valence-corrected chi connectivity index (χ0v) is 31.6. The van der Waals surface area contributed by atoms with Gasteiger partial charge in [0.25, 0.3) is 0 Å². The van der Waals surface area contributed by atoms with Crippen LogP contribution in [0.4, 0.5) is 11.4 Å². The van der Waals surface area contributed by atoms with Crippen LogP contribution in [0.5, 0.6) is 0 Å². The average molecular weight is 741 g/mol. The van der Waals surface area contributed by atoms with E-state index in [1.807, 2.05) is 0 Å². The molecule has 0 bridgehead atoms. The van der Waals surface area contributed by atoms with Gasteiger partial charge in [-0.3, -0.25) is 0 Å². The molecule has 0 saturated heterocycles. The van der Waals surface area contributed by atoms with E-state index in [1.54, 1.807) is 0 Å². The number of rotatable bonds is 4. The van der Waals surface area contributed by atoms with Crippen molar-refractivity contribution in [1.82, 2.24) is 13.7 Å². The van der Waals surface area contributed by atoms with Crippen molar-refractivity contribution in [3.8, 4) is 17.1 Å². The molecule has 272 valence electrons. The lowest BCUT2D eigenvalue weighted by atomic mass is 9.90. The maximum atomic E-state index is 2.58. The third-order valence-electron chi connectivity index (χ3n) is 12.7. The largest absolute Gasteiger partial charge is 0.333 e. The van der Waals surface area contributed by atoms with Gasteiger partial charge in [0, 0.05) is 72.2 Å². The van der Waals surface area contributed by atoms with E-state index < -0.39 is 0 Å². The first kappa shape index (κ1) is 31.6. The van der Waals surface area contributed by atoms with E-state index in [0.717, 1.165) is 11.4 Å². The highest BCUT2D eigenvalue weighted by atomic mass is 15.2. The summed E-state index contributed by atoms with van der Waals surface area (Å²) in [5.41, 5.74) is 14.6. The van der Waals surface area contributed by atoms with Crippen molar-refractivity contribution < 1.29 is 0 Å². The summed E-state index contributed by atoms with van der Waals surface area (Å²) in [5, 5.41) is 7.61. The van der Waals surface area contributed by atoms with Gasteiger partial charge in [-0.1, -0.05) is 127 Å². The molecule has 2 aliphatic rings. The summed E-state index contributed by atoms with van der Waals surface area (Å²) < 4.78 is 7.38. The van der Waals surface area contributed by atoms with Crippen LogP contribution in [0.3, 0.4) is 0 Å². The fraction of sp³-hybridized carbons (Fsp3) is 0.0370.